The second-order valence-corrected chi connectivity index (χ2v) is 2.89. The van der Waals surface area contributed by atoms with Gasteiger partial charge in [0, 0.05) is 0 Å². The third-order valence-electron chi connectivity index (χ3n) is 1.90. The van der Waals surface area contributed by atoms with Crippen molar-refractivity contribution in [3.63, 3.8) is 0 Å². The highest BCUT2D eigenvalue weighted by Gasteiger charge is 2.31. The van der Waals surface area contributed by atoms with Gasteiger partial charge in [-0.25, -0.2) is 0 Å². The number of alkyl halides is 3. The van der Waals surface area contributed by atoms with Gasteiger partial charge in [-0.2, -0.15) is 13.2 Å². The Hall–Kier alpha value is -1.96. The van der Waals surface area contributed by atoms with E-state index in [-0.39, 0.29) is 11.3 Å². The van der Waals surface area contributed by atoms with Crippen LogP contribution in [-0.2, 0) is 6.18 Å². The van der Waals surface area contributed by atoms with Crippen LogP contribution in [0.5, 0.6) is 5.75 Å². The first-order chi connectivity index (χ1) is 7.40. The Kier molecular flexibility index (Phi) is 3.23. The van der Waals surface area contributed by atoms with Crippen LogP contribution in [0.4, 0.5) is 13.2 Å². The Morgan fingerprint density at radius 2 is 2.06 bits per heavy atom. The second kappa shape index (κ2) is 4.27. The minimum atomic E-state index is -4.48. The molecule has 0 unspecified atom stereocenters. The number of carbonyl (C=O) groups excluding carboxylic acids is 1. The van der Waals surface area contributed by atoms with E-state index in [0.29, 0.717) is 0 Å². The average molecular weight is 228 g/mol. The average Bonchev–Trinajstić information content (AvgIpc) is 2.26. The minimum absolute atomic E-state index is 0.0574. The van der Waals surface area contributed by atoms with Crippen molar-refractivity contribution in [2.24, 2.45) is 0 Å². The first kappa shape index (κ1) is 12.1. The summed E-state index contributed by atoms with van der Waals surface area (Å²) in [6.45, 7) is 0. The number of ether oxygens (including phenoxy) is 1. The van der Waals surface area contributed by atoms with Crippen molar-refractivity contribution in [3.8, 4) is 18.1 Å². The fourth-order valence-corrected chi connectivity index (χ4v) is 1.13. The molecule has 0 heterocycles. The number of methoxy groups -OCH3 is 1. The Morgan fingerprint density at radius 3 is 2.50 bits per heavy atom. The van der Waals surface area contributed by atoms with Gasteiger partial charge >= 0.3 is 6.18 Å². The zero-order chi connectivity index (χ0) is 12.3. The van der Waals surface area contributed by atoms with E-state index in [9.17, 15) is 18.0 Å². The quantitative estimate of drug-likeness (QED) is 0.441. The Bertz CT molecular complexity index is 455. The van der Waals surface area contributed by atoms with E-state index in [1.807, 2.05) is 5.92 Å². The van der Waals surface area contributed by atoms with E-state index in [0.717, 1.165) is 18.2 Å². The summed E-state index contributed by atoms with van der Waals surface area (Å²) < 4.78 is 41.7. The standard InChI is InChI=1S/C11H7F3O2/c1-3-9(15)8-5-4-7(11(12,13)14)6-10(8)16-2/h1,4-6H,2H3. The van der Waals surface area contributed by atoms with Gasteiger partial charge in [0.15, 0.2) is 0 Å². The summed E-state index contributed by atoms with van der Waals surface area (Å²) in [5, 5.41) is 0. The number of carbonyl (C=O) groups is 1. The van der Waals surface area contributed by atoms with Crippen LogP contribution < -0.4 is 4.74 Å². The van der Waals surface area contributed by atoms with Crippen LogP contribution >= 0.6 is 0 Å². The Morgan fingerprint density at radius 1 is 1.44 bits per heavy atom. The molecular weight excluding hydrogens is 221 g/mol. The normalized spacial score (nSPS) is 10.7. The molecule has 0 aliphatic heterocycles. The number of rotatable bonds is 2. The van der Waals surface area contributed by atoms with Crippen molar-refractivity contribution < 1.29 is 22.7 Å². The first-order valence-corrected chi connectivity index (χ1v) is 4.16. The number of ketones is 1. The molecule has 0 N–H and O–H groups in total. The van der Waals surface area contributed by atoms with Crippen molar-refractivity contribution in [1.29, 1.82) is 0 Å². The maximum absolute atomic E-state index is 12.3. The summed E-state index contributed by atoms with van der Waals surface area (Å²) in [6, 6.07) is 2.53. The van der Waals surface area contributed by atoms with Crippen LogP contribution in [-0.4, -0.2) is 12.9 Å². The number of benzene rings is 1. The van der Waals surface area contributed by atoms with E-state index >= 15 is 0 Å². The molecule has 0 bridgehead atoms. The molecule has 1 rings (SSSR count). The van der Waals surface area contributed by atoms with Crippen molar-refractivity contribution in [1.82, 2.24) is 0 Å². The lowest BCUT2D eigenvalue weighted by Crippen LogP contribution is -2.07. The highest BCUT2D eigenvalue weighted by atomic mass is 19.4. The smallest absolute Gasteiger partial charge is 0.416 e. The molecule has 2 nitrogen and oxygen atoms in total. The van der Waals surface area contributed by atoms with Gasteiger partial charge in [-0.05, 0) is 24.1 Å². The van der Waals surface area contributed by atoms with Crippen LogP contribution in [0.2, 0.25) is 0 Å². The van der Waals surface area contributed by atoms with Gasteiger partial charge in [0.25, 0.3) is 0 Å². The number of hydrogen-bond donors (Lipinski definition) is 0. The summed E-state index contributed by atoms with van der Waals surface area (Å²) in [7, 11) is 1.17. The van der Waals surface area contributed by atoms with E-state index in [4.69, 9.17) is 6.42 Å². The summed E-state index contributed by atoms with van der Waals surface area (Å²) in [4.78, 5) is 11.2. The van der Waals surface area contributed by atoms with Crippen LogP contribution in [0, 0.1) is 12.3 Å². The van der Waals surface area contributed by atoms with E-state index in [1.165, 1.54) is 7.11 Å². The molecular formula is C11H7F3O2. The third kappa shape index (κ3) is 2.34. The number of halogens is 3. The molecule has 0 aliphatic carbocycles. The molecule has 0 atom stereocenters. The van der Waals surface area contributed by atoms with E-state index < -0.39 is 17.5 Å². The third-order valence-corrected chi connectivity index (χ3v) is 1.90. The summed E-state index contributed by atoms with van der Waals surface area (Å²) in [6.07, 6.45) is 0.393. The molecule has 1 aromatic carbocycles. The highest BCUT2D eigenvalue weighted by molar-refractivity contribution is 6.10. The molecule has 0 saturated heterocycles. The topological polar surface area (TPSA) is 26.3 Å². The molecule has 0 saturated carbocycles. The molecule has 0 spiro atoms. The summed E-state index contributed by atoms with van der Waals surface area (Å²) in [5.74, 6) is 0.914. The SMILES string of the molecule is C#CC(=O)c1ccc(C(F)(F)F)cc1OC. The van der Waals surface area contributed by atoms with Crippen LogP contribution in [0.1, 0.15) is 15.9 Å². The molecule has 1 aromatic rings. The highest BCUT2D eigenvalue weighted by Crippen LogP contribution is 2.33. The zero-order valence-corrected chi connectivity index (χ0v) is 8.26. The van der Waals surface area contributed by atoms with Gasteiger partial charge in [0.2, 0.25) is 5.78 Å². The van der Waals surface area contributed by atoms with Crippen LogP contribution in [0.15, 0.2) is 18.2 Å². The molecule has 0 aliphatic rings. The van der Waals surface area contributed by atoms with Gasteiger partial charge < -0.3 is 4.74 Å². The predicted octanol–water partition coefficient (Wildman–Crippen LogP) is 2.53. The number of Topliss-reactive ketones (excluding diaryl/α,β-unsaturated/α-hetero) is 1. The lowest BCUT2D eigenvalue weighted by molar-refractivity contribution is -0.137. The first-order valence-electron chi connectivity index (χ1n) is 4.16. The maximum Gasteiger partial charge on any atom is 0.416 e. The minimum Gasteiger partial charge on any atom is -0.496 e. The van der Waals surface area contributed by atoms with Gasteiger partial charge in [0.1, 0.15) is 5.75 Å². The van der Waals surface area contributed by atoms with E-state index in [1.54, 1.807) is 0 Å². The zero-order valence-electron chi connectivity index (χ0n) is 8.26. The second-order valence-electron chi connectivity index (χ2n) is 2.89. The van der Waals surface area contributed by atoms with Crippen molar-refractivity contribution >= 4 is 5.78 Å². The van der Waals surface area contributed by atoms with Crippen molar-refractivity contribution in [2.75, 3.05) is 7.11 Å². The molecule has 0 aromatic heterocycles. The lowest BCUT2D eigenvalue weighted by atomic mass is 10.1. The molecule has 0 fully saturated rings. The van der Waals surface area contributed by atoms with Crippen molar-refractivity contribution in [2.45, 2.75) is 6.18 Å². The molecule has 16 heavy (non-hydrogen) atoms. The number of terminal acetylenes is 1. The maximum atomic E-state index is 12.3. The van der Waals surface area contributed by atoms with Gasteiger partial charge in [-0.1, -0.05) is 0 Å². The lowest BCUT2D eigenvalue weighted by Gasteiger charge is -2.10. The van der Waals surface area contributed by atoms with Crippen molar-refractivity contribution in [3.05, 3.63) is 29.3 Å². The largest absolute Gasteiger partial charge is 0.496 e. The molecule has 5 heteroatoms. The summed E-state index contributed by atoms with van der Waals surface area (Å²) in [5.41, 5.74) is -0.948. The Labute approximate surface area is 90.0 Å². The number of hydrogen-bond acceptors (Lipinski definition) is 2. The van der Waals surface area contributed by atoms with Crippen LogP contribution in [0.3, 0.4) is 0 Å². The van der Waals surface area contributed by atoms with E-state index in [2.05, 4.69) is 4.74 Å². The fourth-order valence-electron chi connectivity index (χ4n) is 1.13. The fraction of sp³-hybridized carbons (Fsp3) is 0.182. The molecule has 84 valence electrons. The van der Waals surface area contributed by atoms with Gasteiger partial charge in [-0.15, -0.1) is 6.42 Å². The predicted molar refractivity (Wildman–Crippen MR) is 51.2 cm³/mol. The Balaban J connectivity index is 3.29. The van der Waals surface area contributed by atoms with Gasteiger partial charge in [-0.3, -0.25) is 4.79 Å². The monoisotopic (exact) mass is 228 g/mol. The molecule has 0 amide bonds. The van der Waals surface area contributed by atoms with Crippen LogP contribution in [0.25, 0.3) is 0 Å². The van der Waals surface area contributed by atoms with Gasteiger partial charge in [0.05, 0.1) is 18.2 Å². The summed E-state index contributed by atoms with van der Waals surface area (Å²) >= 11 is 0. The molecule has 0 radical (unpaired) electrons.